The molecule has 24 heavy (non-hydrogen) atoms. The van der Waals surface area contributed by atoms with Crippen LogP contribution in [0.2, 0.25) is 0 Å². The second-order valence-electron chi connectivity index (χ2n) is 6.68. The van der Waals surface area contributed by atoms with Crippen molar-refractivity contribution in [3.05, 3.63) is 35.6 Å². The number of likely N-dealkylation sites (N-methyl/N-ethyl adjacent to an activating group) is 2. The predicted molar refractivity (Wildman–Crippen MR) is 92.1 cm³/mol. The van der Waals surface area contributed by atoms with Crippen LogP contribution in [0.1, 0.15) is 24.4 Å². The lowest BCUT2D eigenvalue weighted by atomic mass is 10.00. The minimum Gasteiger partial charge on any atom is -0.395 e. The molecule has 1 unspecified atom stereocenters. The van der Waals surface area contributed by atoms with Gasteiger partial charge < -0.3 is 14.9 Å². The summed E-state index contributed by atoms with van der Waals surface area (Å²) < 4.78 is 13.5. The molecule has 1 amide bonds. The van der Waals surface area contributed by atoms with Crippen LogP contribution in [0.15, 0.2) is 24.3 Å². The van der Waals surface area contributed by atoms with Gasteiger partial charge in [-0.15, -0.1) is 0 Å². The molecule has 0 aliphatic carbocycles. The lowest BCUT2D eigenvalue weighted by Crippen LogP contribution is -2.49. The Kier molecular flexibility index (Phi) is 6.71. The van der Waals surface area contributed by atoms with Gasteiger partial charge in [-0.2, -0.15) is 0 Å². The molecule has 0 aromatic heterocycles. The van der Waals surface area contributed by atoms with Gasteiger partial charge in [0.15, 0.2) is 0 Å². The van der Waals surface area contributed by atoms with E-state index in [1.165, 1.54) is 12.1 Å². The van der Waals surface area contributed by atoms with Crippen molar-refractivity contribution in [2.45, 2.75) is 24.9 Å². The van der Waals surface area contributed by atoms with Gasteiger partial charge in [0.05, 0.1) is 6.61 Å². The molecule has 134 valence electrons. The second kappa shape index (κ2) is 8.55. The third-order valence-corrected chi connectivity index (χ3v) is 4.77. The standard InChI is InChI=1S/C18H28FN3O2/c1-20(2)17(14-5-4-6-15(19)13-14)18(24)22-9-7-16(8-10-22)21(3)11-12-23/h4-6,13,16-17,23H,7-12H2,1-3H3. The van der Waals surface area contributed by atoms with Crippen LogP contribution >= 0.6 is 0 Å². The number of piperidine rings is 1. The van der Waals surface area contributed by atoms with Crippen molar-refractivity contribution < 1.29 is 14.3 Å². The van der Waals surface area contributed by atoms with E-state index in [1.54, 1.807) is 12.1 Å². The first kappa shape index (κ1) is 18.8. The lowest BCUT2D eigenvalue weighted by molar-refractivity contribution is -0.138. The number of hydrogen-bond acceptors (Lipinski definition) is 4. The number of aliphatic hydroxyl groups is 1. The Morgan fingerprint density at radius 2 is 2.00 bits per heavy atom. The van der Waals surface area contributed by atoms with Crippen molar-refractivity contribution in [2.24, 2.45) is 0 Å². The number of likely N-dealkylation sites (tertiary alicyclic amines) is 1. The van der Waals surface area contributed by atoms with E-state index in [2.05, 4.69) is 4.90 Å². The average molecular weight is 337 g/mol. The van der Waals surface area contributed by atoms with Crippen molar-refractivity contribution in [3.63, 3.8) is 0 Å². The summed E-state index contributed by atoms with van der Waals surface area (Å²) in [5.41, 5.74) is 0.685. The predicted octanol–water partition coefficient (Wildman–Crippen LogP) is 1.34. The van der Waals surface area contributed by atoms with Crippen LogP contribution in [0.25, 0.3) is 0 Å². The lowest BCUT2D eigenvalue weighted by Gasteiger charge is -2.39. The molecule has 1 aliphatic rings. The average Bonchev–Trinajstić information content (AvgIpc) is 2.55. The summed E-state index contributed by atoms with van der Waals surface area (Å²) in [4.78, 5) is 18.8. The molecule has 1 aromatic rings. The largest absolute Gasteiger partial charge is 0.395 e. The Morgan fingerprint density at radius 1 is 1.33 bits per heavy atom. The smallest absolute Gasteiger partial charge is 0.244 e. The Morgan fingerprint density at radius 3 is 2.54 bits per heavy atom. The molecule has 1 atom stereocenters. The van der Waals surface area contributed by atoms with Crippen molar-refractivity contribution in [2.75, 3.05) is 47.4 Å². The van der Waals surface area contributed by atoms with Crippen LogP contribution in [0.5, 0.6) is 0 Å². The quantitative estimate of drug-likeness (QED) is 0.851. The molecule has 0 bridgehead atoms. The molecule has 1 saturated heterocycles. The Balaban J connectivity index is 2.04. The van der Waals surface area contributed by atoms with Crippen molar-refractivity contribution in [1.29, 1.82) is 0 Å². The number of amides is 1. The molecule has 1 heterocycles. The molecule has 1 N–H and O–H groups in total. The van der Waals surface area contributed by atoms with E-state index in [0.717, 1.165) is 12.8 Å². The highest BCUT2D eigenvalue weighted by Gasteiger charge is 2.31. The topological polar surface area (TPSA) is 47.0 Å². The fourth-order valence-corrected chi connectivity index (χ4v) is 3.38. The number of hydrogen-bond donors (Lipinski definition) is 1. The van der Waals surface area contributed by atoms with Crippen LogP contribution in [0.3, 0.4) is 0 Å². The van der Waals surface area contributed by atoms with Gasteiger partial charge in [0.1, 0.15) is 11.9 Å². The highest BCUT2D eigenvalue weighted by atomic mass is 19.1. The van der Waals surface area contributed by atoms with Crippen LogP contribution in [0.4, 0.5) is 4.39 Å². The van der Waals surface area contributed by atoms with E-state index in [-0.39, 0.29) is 18.3 Å². The van der Waals surface area contributed by atoms with Gasteiger partial charge in [0.25, 0.3) is 0 Å². The summed E-state index contributed by atoms with van der Waals surface area (Å²) in [6, 6.07) is 6.20. The first-order valence-corrected chi connectivity index (χ1v) is 8.45. The van der Waals surface area contributed by atoms with Crippen molar-refractivity contribution >= 4 is 5.91 Å². The zero-order valence-electron chi connectivity index (χ0n) is 14.8. The number of carbonyl (C=O) groups excluding carboxylic acids is 1. The number of rotatable bonds is 6. The van der Waals surface area contributed by atoms with Gasteiger partial charge in [0.2, 0.25) is 5.91 Å². The third-order valence-electron chi connectivity index (χ3n) is 4.77. The third kappa shape index (κ3) is 4.53. The van der Waals surface area contributed by atoms with Crippen molar-refractivity contribution in [3.8, 4) is 0 Å². The molecule has 2 rings (SSSR count). The van der Waals surface area contributed by atoms with Gasteiger partial charge in [-0.3, -0.25) is 9.69 Å². The summed E-state index contributed by atoms with van der Waals surface area (Å²) >= 11 is 0. The zero-order chi connectivity index (χ0) is 17.7. The van der Waals surface area contributed by atoms with E-state index in [9.17, 15) is 9.18 Å². The number of benzene rings is 1. The maximum Gasteiger partial charge on any atom is 0.244 e. The van der Waals surface area contributed by atoms with Crippen molar-refractivity contribution in [1.82, 2.24) is 14.7 Å². The van der Waals surface area contributed by atoms with Crippen LogP contribution in [-0.4, -0.2) is 79.1 Å². The summed E-state index contributed by atoms with van der Waals surface area (Å²) in [5, 5.41) is 9.05. The molecule has 1 aliphatic heterocycles. The number of nitrogens with zero attached hydrogens (tertiary/aromatic N) is 3. The Bertz CT molecular complexity index is 545. The SMILES string of the molecule is CN(C)C(C(=O)N1CCC(N(C)CCO)CC1)c1cccc(F)c1. The molecular formula is C18H28FN3O2. The van der Waals surface area contributed by atoms with E-state index < -0.39 is 6.04 Å². The minimum absolute atomic E-state index is 0.0221. The molecule has 0 radical (unpaired) electrons. The zero-order valence-corrected chi connectivity index (χ0v) is 14.8. The summed E-state index contributed by atoms with van der Waals surface area (Å²) in [5.74, 6) is -0.301. The molecule has 1 fully saturated rings. The molecule has 0 saturated carbocycles. The molecule has 0 spiro atoms. The van der Waals surface area contributed by atoms with Gasteiger partial charge >= 0.3 is 0 Å². The number of halogens is 1. The number of aliphatic hydroxyl groups excluding tert-OH is 1. The maximum absolute atomic E-state index is 13.5. The molecular weight excluding hydrogens is 309 g/mol. The first-order valence-electron chi connectivity index (χ1n) is 8.45. The summed E-state index contributed by atoms with van der Waals surface area (Å²) in [7, 11) is 5.69. The Labute approximate surface area is 143 Å². The minimum atomic E-state index is -0.465. The van der Waals surface area contributed by atoms with Crippen LogP contribution in [-0.2, 0) is 4.79 Å². The van der Waals surface area contributed by atoms with Gasteiger partial charge in [-0.05, 0) is 51.7 Å². The van der Waals surface area contributed by atoms with E-state index >= 15 is 0 Å². The number of carbonyl (C=O) groups is 1. The fraction of sp³-hybridized carbons (Fsp3) is 0.611. The maximum atomic E-state index is 13.5. The Hall–Kier alpha value is -1.50. The van der Waals surface area contributed by atoms with Gasteiger partial charge in [0, 0.05) is 25.7 Å². The van der Waals surface area contributed by atoms with Crippen LogP contribution in [0, 0.1) is 5.82 Å². The molecule has 6 heteroatoms. The first-order chi connectivity index (χ1) is 11.4. The van der Waals surface area contributed by atoms with E-state index in [1.807, 2.05) is 30.9 Å². The highest BCUT2D eigenvalue weighted by molar-refractivity contribution is 5.83. The van der Waals surface area contributed by atoms with Gasteiger partial charge in [-0.25, -0.2) is 4.39 Å². The fourth-order valence-electron chi connectivity index (χ4n) is 3.38. The van der Waals surface area contributed by atoms with Gasteiger partial charge in [-0.1, -0.05) is 12.1 Å². The summed E-state index contributed by atoms with van der Waals surface area (Å²) in [6.45, 7) is 2.19. The monoisotopic (exact) mass is 337 g/mol. The second-order valence-corrected chi connectivity index (χ2v) is 6.68. The van der Waals surface area contributed by atoms with E-state index in [4.69, 9.17) is 5.11 Å². The van der Waals surface area contributed by atoms with Crippen LogP contribution < -0.4 is 0 Å². The molecule has 1 aromatic carbocycles. The normalized spacial score (nSPS) is 17.5. The summed E-state index contributed by atoms with van der Waals surface area (Å²) in [6.07, 6.45) is 1.79. The highest BCUT2D eigenvalue weighted by Crippen LogP contribution is 2.24. The molecule has 5 nitrogen and oxygen atoms in total. The van der Waals surface area contributed by atoms with E-state index in [0.29, 0.717) is 31.2 Å².